The average Bonchev–Trinajstić information content (AvgIpc) is 3.24. The summed E-state index contributed by atoms with van der Waals surface area (Å²) in [5.41, 5.74) is 1.98. The number of tetrazole rings is 1. The first-order valence-electron chi connectivity index (χ1n) is 7.44. The van der Waals surface area contributed by atoms with Crippen molar-refractivity contribution in [1.82, 2.24) is 25.5 Å². The van der Waals surface area contributed by atoms with Gasteiger partial charge in [0.05, 0.1) is 23.7 Å². The predicted molar refractivity (Wildman–Crippen MR) is 89.9 cm³/mol. The van der Waals surface area contributed by atoms with Crippen LogP contribution in [0.5, 0.6) is 0 Å². The van der Waals surface area contributed by atoms with Crippen molar-refractivity contribution in [1.29, 1.82) is 0 Å². The molecule has 3 rings (SSSR count). The number of hydrogen-bond donors (Lipinski definition) is 1. The maximum atomic E-state index is 12.1. The Morgan fingerprint density at radius 1 is 1.38 bits per heavy atom. The summed E-state index contributed by atoms with van der Waals surface area (Å²) in [6.07, 6.45) is 1.59. The molecule has 8 heteroatoms. The van der Waals surface area contributed by atoms with Gasteiger partial charge < -0.3 is 9.73 Å². The fourth-order valence-electron chi connectivity index (χ4n) is 2.21. The predicted octanol–water partition coefficient (Wildman–Crippen LogP) is 2.53. The molecule has 0 radical (unpaired) electrons. The third-order valence-electron chi connectivity index (χ3n) is 3.37. The third kappa shape index (κ3) is 3.83. The third-order valence-corrected chi connectivity index (χ3v) is 4.29. The van der Waals surface area contributed by atoms with Gasteiger partial charge in [-0.25, -0.2) is 0 Å². The van der Waals surface area contributed by atoms with Crippen molar-refractivity contribution in [2.24, 2.45) is 0 Å². The molecule has 0 aliphatic rings. The molecule has 0 bridgehead atoms. The smallest absolute Gasteiger partial charge is 0.231 e. The molecule has 0 aliphatic heterocycles. The van der Waals surface area contributed by atoms with Crippen molar-refractivity contribution < 1.29 is 9.21 Å². The van der Waals surface area contributed by atoms with Crippen LogP contribution in [-0.2, 0) is 4.79 Å². The molecule has 0 spiro atoms. The Balaban J connectivity index is 1.61. The quantitative estimate of drug-likeness (QED) is 0.692. The summed E-state index contributed by atoms with van der Waals surface area (Å²) in [6, 6.07) is 11.3. The number of rotatable bonds is 6. The normalized spacial score (nSPS) is 12.1. The highest BCUT2D eigenvalue weighted by Crippen LogP contribution is 2.19. The molecule has 7 nitrogen and oxygen atoms in total. The minimum absolute atomic E-state index is 0.109. The molecule has 3 aromatic rings. The van der Waals surface area contributed by atoms with Crippen LogP contribution in [0, 0.1) is 6.92 Å². The molecule has 1 atom stereocenters. The Morgan fingerprint density at radius 2 is 2.25 bits per heavy atom. The minimum atomic E-state index is -0.180. The largest absolute Gasteiger partial charge is 0.467 e. The zero-order valence-corrected chi connectivity index (χ0v) is 14.2. The molecule has 0 saturated carbocycles. The highest BCUT2D eigenvalue weighted by Gasteiger charge is 2.15. The van der Waals surface area contributed by atoms with E-state index in [0.29, 0.717) is 5.16 Å². The zero-order valence-electron chi connectivity index (χ0n) is 13.3. The molecule has 24 heavy (non-hydrogen) atoms. The van der Waals surface area contributed by atoms with Crippen LogP contribution in [0.1, 0.15) is 24.3 Å². The van der Waals surface area contributed by atoms with E-state index < -0.39 is 0 Å². The van der Waals surface area contributed by atoms with Crippen LogP contribution in [0.15, 0.2) is 52.2 Å². The van der Waals surface area contributed by atoms with Crippen molar-refractivity contribution in [2.75, 3.05) is 5.75 Å². The van der Waals surface area contributed by atoms with E-state index in [9.17, 15) is 4.79 Å². The van der Waals surface area contributed by atoms with Gasteiger partial charge in [0.1, 0.15) is 5.76 Å². The molecule has 2 aromatic heterocycles. The molecule has 1 amide bonds. The van der Waals surface area contributed by atoms with Gasteiger partial charge in [0, 0.05) is 0 Å². The molecule has 2 heterocycles. The summed E-state index contributed by atoms with van der Waals surface area (Å²) in [5.74, 6) is 0.831. The molecule has 1 aromatic carbocycles. The number of benzene rings is 1. The number of thioether (sulfide) groups is 1. The maximum absolute atomic E-state index is 12.1. The van der Waals surface area contributed by atoms with Crippen LogP contribution in [-0.4, -0.2) is 31.9 Å². The van der Waals surface area contributed by atoms with Crippen molar-refractivity contribution >= 4 is 17.7 Å². The number of amides is 1. The van der Waals surface area contributed by atoms with Gasteiger partial charge in [-0.15, -0.1) is 5.10 Å². The summed E-state index contributed by atoms with van der Waals surface area (Å²) in [7, 11) is 0. The van der Waals surface area contributed by atoms with Gasteiger partial charge in [-0.1, -0.05) is 23.9 Å². The highest BCUT2D eigenvalue weighted by molar-refractivity contribution is 7.99. The fraction of sp³-hybridized carbons (Fsp3) is 0.250. The first-order chi connectivity index (χ1) is 11.6. The van der Waals surface area contributed by atoms with Gasteiger partial charge in [0.25, 0.3) is 0 Å². The second-order valence-corrected chi connectivity index (χ2v) is 6.25. The Labute approximate surface area is 143 Å². The monoisotopic (exact) mass is 343 g/mol. The lowest BCUT2D eigenvalue weighted by Crippen LogP contribution is -2.28. The van der Waals surface area contributed by atoms with Gasteiger partial charge in [-0.3, -0.25) is 4.79 Å². The highest BCUT2D eigenvalue weighted by atomic mass is 32.2. The van der Waals surface area contributed by atoms with E-state index in [0.717, 1.165) is 17.0 Å². The van der Waals surface area contributed by atoms with Crippen molar-refractivity contribution in [2.45, 2.75) is 25.0 Å². The number of furan rings is 1. The van der Waals surface area contributed by atoms with E-state index in [4.69, 9.17) is 4.42 Å². The lowest BCUT2D eigenvalue weighted by molar-refractivity contribution is -0.119. The van der Waals surface area contributed by atoms with Gasteiger partial charge >= 0.3 is 0 Å². The maximum Gasteiger partial charge on any atom is 0.231 e. The van der Waals surface area contributed by atoms with Crippen LogP contribution in [0.3, 0.4) is 0 Å². The van der Waals surface area contributed by atoms with Crippen LogP contribution in [0.2, 0.25) is 0 Å². The molecule has 0 fully saturated rings. The summed E-state index contributed by atoms with van der Waals surface area (Å²) < 4.78 is 6.90. The summed E-state index contributed by atoms with van der Waals surface area (Å²) in [5, 5.41) is 15.1. The van der Waals surface area contributed by atoms with Crippen molar-refractivity contribution in [3.05, 3.63) is 54.0 Å². The van der Waals surface area contributed by atoms with Gasteiger partial charge in [-0.05, 0) is 54.1 Å². The number of nitrogens with zero attached hydrogens (tertiary/aromatic N) is 4. The Kier molecular flexibility index (Phi) is 4.95. The molecule has 1 N–H and O–H groups in total. The van der Waals surface area contributed by atoms with Gasteiger partial charge in [0.15, 0.2) is 0 Å². The van der Waals surface area contributed by atoms with Crippen LogP contribution in [0.4, 0.5) is 0 Å². The molecule has 0 aliphatic carbocycles. The second-order valence-electron chi connectivity index (χ2n) is 5.31. The Hall–Kier alpha value is -2.61. The summed E-state index contributed by atoms with van der Waals surface area (Å²) in [4.78, 5) is 12.1. The van der Waals surface area contributed by atoms with E-state index >= 15 is 0 Å². The Bertz CT molecular complexity index is 816. The number of carbonyl (C=O) groups excluding carboxylic acids is 1. The molecule has 124 valence electrons. The lowest BCUT2D eigenvalue weighted by atomic mass is 10.2. The van der Waals surface area contributed by atoms with Gasteiger partial charge in [0.2, 0.25) is 11.1 Å². The first-order valence-corrected chi connectivity index (χ1v) is 8.43. The van der Waals surface area contributed by atoms with E-state index in [1.807, 2.05) is 44.2 Å². The van der Waals surface area contributed by atoms with E-state index in [1.165, 1.54) is 11.8 Å². The van der Waals surface area contributed by atoms with Crippen LogP contribution in [0.25, 0.3) is 5.69 Å². The van der Waals surface area contributed by atoms with E-state index in [-0.39, 0.29) is 17.7 Å². The number of aromatic nitrogens is 4. The molecular formula is C16H17N5O2S. The summed E-state index contributed by atoms with van der Waals surface area (Å²) >= 11 is 1.29. The zero-order chi connectivity index (χ0) is 16.9. The molecular weight excluding hydrogens is 326 g/mol. The first kappa shape index (κ1) is 16.3. The second kappa shape index (κ2) is 7.31. The Morgan fingerprint density at radius 3 is 3.00 bits per heavy atom. The van der Waals surface area contributed by atoms with Crippen molar-refractivity contribution in [3.8, 4) is 5.69 Å². The number of aryl methyl sites for hydroxylation is 1. The number of carbonyl (C=O) groups is 1. The van der Waals surface area contributed by atoms with Crippen molar-refractivity contribution in [3.63, 3.8) is 0 Å². The van der Waals surface area contributed by atoms with Gasteiger partial charge in [-0.2, -0.15) is 4.68 Å². The van der Waals surface area contributed by atoms with E-state index in [1.54, 1.807) is 17.0 Å². The lowest BCUT2D eigenvalue weighted by Gasteiger charge is -2.11. The van der Waals surface area contributed by atoms with Crippen LogP contribution >= 0.6 is 11.8 Å². The topological polar surface area (TPSA) is 85.8 Å². The summed E-state index contributed by atoms with van der Waals surface area (Å²) in [6.45, 7) is 3.88. The molecule has 0 saturated heterocycles. The van der Waals surface area contributed by atoms with E-state index in [2.05, 4.69) is 20.8 Å². The minimum Gasteiger partial charge on any atom is -0.467 e. The fourth-order valence-corrected chi connectivity index (χ4v) is 2.91. The number of hydrogen-bond acceptors (Lipinski definition) is 6. The number of nitrogens with one attached hydrogen (secondary N) is 1. The standard InChI is InChI=1S/C16H17N5O2S/c1-11-5-3-6-13(9-11)21-16(18-19-20-21)24-10-15(22)17-12(2)14-7-4-8-23-14/h3-9,12H,10H2,1-2H3,(H,17,22)/t12-/m1/s1. The molecule has 0 unspecified atom stereocenters. The SMILES string of the molecule is Cc1cccc(-n2nnnc2SCC(=O)N[C@H](C)c2ccco2)c1. The van der Waals surface area contributed by atoms with Crippen LogP contribution < -0.4 is 5.32 Å². The average molecular weight is 343 g/mol.